The molecule has 19 heavy (non-hydrogen) atoms. The predicted octanol–water partition coefficient (Wildman–Crippen LogP) is 1.06. The molecule has 0 bridgehead atoms. The van der Waals surface area contributed by atoms with Crippen molar-refractivity contribution < 1.29 is 4.79 Å². The molecule has 0 spiro atoms. The second-order valence-electron chi connectivity index (χ2n) is 4.61. The Labute approximate surface area is 111 Å². The van der Waals surface area contributed by atoms with E-state index >= 15 is 0 Å². The maximum Gasteiger partial charge on any atom is 0.247 e. The molecule has 1 amide bonds. The van der Waals surface area contributed by atoms with Crippen molar-refractivity contribution >= 4 is 17.4 Å². The van der Waals surface area contributed by atoms with Crippen LogP contribution in [0.5, 0.6) is 0 Å². The van der Waals surface area contributed by atoms with Gasteiger partial charge in [-0.2, -0.15) is 10.2 Å². The standard InChI is InChI=1S/C12H18N6O/c1-6-7(2)15-16-12(6)14-10(19)5-18-9(4)11(13)8(3)17-18/h5,13H2,1-4H3,(H2,14,15,16,19). The van der Waals surface area contributed by atoms with Gasteiger partial charge in [0, 0.05) is 11.3 Å². The predicted molar refractivity (Wildman–Crippen MR) is 72.8 cm³/mol. The average Bonchev–Trinajstić information content (AvgIpc) is 2.78. The van der Waals surface area contributed by atoms with E-state index < -0.39 is 0 Å². The van der Waals surface area contributed by atoms with E-state index in [0.717, 1.165) is 22.6 Å². The highest BCUT2D eigenvalue weighted by atomic mass is 16.2. The topological polar surface area (TPSA) is 102 Å². The van der Waals surface area contributed by atoms with E-state index in [1.54, 1.807) is 4.68 Å². The smallest absolute Gasteiger partial charge is 0.247 e. The van der Waals surface area contributed by atoms with Crippen LogP contribution in [0, 0.1) is 27.7 Å². The van der Waals surface area contributed by atoms with Crippen molar-refractivity contribution in [2.24, 2.45) is 0 Å². The summed E-state index contributed by atoms with van der Waals surface area (Å²) in [6.45, 7) is 7.58. The van der Waals surface area contributed by atoms with Gasteiger partial charge in [-0.15, -0.1) is 0 Å². The maximum absolute atomic E-state index is 11.9. The number of nitrogens with two attached hydrogens (primary N) is 1. The van der Waals surface area contributed by atoms with Crippen LogP contribution in [0.25, 0.3) is 0 Å². The zero-order valence-electron chi connectivity index (χ0n) is 11.5. The van der Waals surface area contributed by atoms with E-state index in [1.165, 1.54) is 0 Å². The molecule has 2 aromatic rings. The van der Waals surface area contributed by atoms with E-state index in [9.17, 15) is 4.79 Å². The molecule has 0 fully saturated rings. The third kappa shape index (κ3) is 2.44. The maximum atomic E-state index is 11.9. The normalized spacial score (nSPS) is 10.7. The van der Waals surface area contributed by atoms with Crippen LogP contribution in [0.2, 0.25) is 0 Å². The van der Waals surface area contributed by atoms with Crippen molar-refractivity contribution in [2.45, 2.75) is 34.2 Å². The molecule has 2 rings (SSSR count). The van der Waals surface area contributed by atoms with E-state index in [-0.39, 0.29) is 12.5 Å². The number of nitrogens with zero attached hydrogens (tertiary/aromatic N) is 3. The molecule has 7 heteroatoms. The summed E-state index contributed by atoms with van der Waals surface area (Å²) in [5.41, 5.74) is 9.85. The fourth-order valence-electron chi connectivity index (χ4n) is 1.78. The number of hydrogen-bond donors (Lipinski definition) is 3. The molecule has 0 radical (unpaired) electrons. The van der Waals surface area contributed by atoms with Gasteiger partial charge in [-0.3, -0.25) is 14.6 Å². The number of aromatic nitrogens is 4. The molecule has 0 aromatic carbocycles. The molecule has 102 valence electrons. The van der Waals surface area contributed by atoms with Gasteiger partial charge in [0.05, 0.1) is 17.1 Å². The minimum Gasteiger partial charge on any atom is -0.396 e. The first kappa shape index (κ1) is 13.1. The molecule has 0 aliphatic heterocycles. The fraction of sp³-hybridized carbons (Fsp3) is 0.417. The monoisotopic (exact) mass is 262 g/mol. The lowest BCUT2D eigenvalue weighted by molar-refractivity contribution is -0.117. The van der Waals surface area contributed by atoms with Crippen LogP contribution in [-0.2, 0) is 11.3 Å². The number of hydrogen-bond acceptors (Lipinski definition) is 4. The Morgan fingerprint density at radius 3 is 2.53 bits per heavy atom. The molecule has 0 aliphatic carbocycles. The van der Waals surface area contributed by atoms with Gasteiger partial charge in [0.25, 0.3) is 0 Å². The van der Waals surface area contributed by atoms with E-state index in [4.69, 9.17) is 5.73 Å². The first-order valence-corrected chi connectivity index (χ1v) is 6.01. The zero-order valence-corrected chi connectivity index (χ0v) is 11.5. The van der Waals surface area contributed by atoms with Gasteiger partial charge in [-0.1, -0.05) is 0 Å². The first-order valence-electron chi connectivity index (χ1n) is 6.01. The lowest BCUT2D eigenvalue weighted by atomic mass is 10.3. The number of carbonyl (C=O) groups is 1. The van der Waals surface area contributed by atoms with Crippen LogP contribution in [-0.4, -0.2) is 25.9 Å². The minimum absolute atomic E-state index is 0.120. The molecule has 7 nitrogen and oxygen atoms in total. The molecular formula is C12H18N6O. The molecule has 2 aromatic heterocycles. The van der Waals surface area contributed by atoms with Crippen LogP contribution in [0.3, 0.4) is 0 Å². The molecule has 0 aliphatic rings. The quantitative estimate of drug-likeness (QED) is 0.769. The summed E-state index contributed by atoms with van der Waals surface area (Å²) in [7, 11) is 0. The van der Waals surface area contributed by atoms with Gasteiger partial charge in [0.15, 0.2) is 5.82 Å². The van der Waals surface area contributed by atoms with Gasteiger partial charge in [0.1, 0.15) is 6.54 Å². The van der Waals surface area contributed by atoms with Gasteiger partial charge in [-0.05, 0) is 27.7 Å². The lowest BCUT2D eigenvalue weighted by Gasteiger charge is -2.05. The Balaban J connectivity index is 2.09. The molecule has 2 heterocycles. The van der Waals surface area contributed by atoms with Crippen LogP contribution in [0.15, 0.2) is 0 Å². The molecule has 0 unspecified atom stereocenters. The Hall–Kier alpha value is -2.31. The average molecular weight is 262 g/mol. The largest absolute Gasteiger partial charge is 0.396 e. The van der Waals surface area contributed by atoms with Crippen molar-refractivity contribution in [3.05, 3.63) is 22.6 Å². The second-order valence-corrected chi connectivity index (χ2v) is 4.61. The second kappa shape index (κ2) is 4.75. The third-order valence-electron chi connectivity index (χ3n) is 3.24. The minimum atomic E-state index is -0.180. The molecule has 4 N–H and O–H groups in total. The Bertz CT molecular complexity index is 624. The molecular weight excluding hydrogens is 244 g/mol. The van der Waals surface area contributed by atoms with Crippen LogP contribution < -0.4 is 11.1 Å². The number of nitrogens with one attached hydrogen (secondary N) is 2. The van der Waals surface area contributed by atoms with E-state index in [2.05, 4.69) is 20.6 Å². The summed E-state index contributed by atoms with van der Waals surface area (Å²) in [6, 6.07) is 0. The fourth-order valence-corrected chi connectivity index (χ4v) is 1.78. The Kier molecular flexibility index (Phi) is 3.28. The van der Waals surface area contributed by atoms with Gasteiger partial charge < -0.3 is 11.1 Å². The van der Waals surface area contributed by atoms with Crippen molar-refractivity contribution in [1.82, 2.24) is 20.0 Å². The van der Waals surface area contributed by atoms with Gasteiger partial charge in [-0.25, -0.2) is 0 Å². The number of anilines is 2. The Morgan fingerprint density at radius 1 is 1.37 bits per heavy atom. The molecule has 0 saturated carbocycles. The lowest BCUT2D eigenvalue weighted by Crippen LogP contribution is -2.21. The number of nitrogen functional groups attached to an aromatic ring is 1. The molecule has 0 saturated heterocycles. The highest BCUT2D eigenvalue weighted by molar-refractivity contribution is 5.90. The van der Waals surface area contributed by atoms with E-state index in [1.807, 2.05) is 27.7 Å². The molecule has 0 atom stereocenters. The van der Waals surface area contributed by atoms with E-state index in [0.29, 0.717) is 11.5 Å². The summed E-state index contributed by atoms with van der Waals surface area (Å²) in [4.78, 5) is 11.9. The number of carbonyl (C=O) groups excluding carboxylic acids is 1. The van der Waals surface area contributed by atoms with Crippen molar-refractivity contribution in [2.75, 3.05) is 11.1 Å². The van der Waals surface area contributed by atoms with Gasteiger partial charge >= 0.3 is 0 Å². The van der Waals surface area contributed by atoms with Crippen LogP contribution >= 0.6 is 0 Å². The summed E-state index contributed by atoms with van der Waals surface area (Å²) < 4.78 is 1.59. The van der Waals surface area contributed by atoms with Gasteiger partial charge in [0.2, 0.25) is 5.91 Å². The first-order chi connectivity index (χ1) is 8.90. The van der Waals surface area contributed by atoms with Crippen LogP contribution in [0.1, 0.15) is 22.6 Å². The number of H-pyrrole nitrogens is 1. The third-order valence-corrected chi connectivity index (χ3v) is 3.24. The Morgan fingerprint density at radius 2 is 2.05 bits per heavy atom. The van der Waals surface area contributed by atoms with Crippen LogP contribution in [0.4, 0.5) is 11.5 Å². The van der Waals surface area contributed by atoms with Crippen molar-refractivity contribution in [3.63, 3.8) is 0 Å². The summed E-state index contributed by atoms with van der Waals surface area (Å²) in [6.07, 6.45) is 0. The zero-order chi connectivity index (χ0) is 14.2. The SMILES string of the molecule is Cc1nn(CC(=O)Nc2n[nH]c(C)c2C)c(C)c1N. The summed E-state index contributed by atoms with van der Waals surface area (Å²) >= 11 is 0. The highest BCUT2D eigenvalue weighted by Crippen LogP contribution is 2.16. The number of aromatic amines is 1. The van der Waals surface area contributed by atoms with Crippen molar-refractivity contribution in [3.8, 4) is 0 Å². The number of amides is 1. The summed E-state index contributed by atoms with van der Waals surface area (Å²) in [5, 5.41) is 13.8. The van der Waals surface area contributed by atoms with Crippen molar-refractivity contribution in [1.29, 1.82) is 0 Å². The number of rotatable bonds is 3. The highest BCUT2D eigenvalue weighted by Gasteiger charge is 2.13. The number of aryl methyl sites for hydroxylation is 2. The summed E-state index contributed by atoms with van der Waals surface area (Å²) in [5.74, 6) is 0.372.